The number of rotatable bonds is 4. The van der Waals surface area contributed by atoms with Crippen LogP contribution in [0.25, 0.3) is 11.3 Å². The van der Waals surface area contributed by atoms with E-state index in [1.165, 1.54) is 12.3 Å². The van der Waals surface area contributed by atoms with Crippen LogP contribution in [0.4, 0.5) is 5.69 Å². The van der Waals surface area contributed by atoms with Crippen molar-refractivity contribution in [3.8, 4) is 11.3 Å². The van der Waals surface area contributed by atoms with Crippen LogP contribution in [0, 0.1) is 33.8 Å². The summed E-state index contributed by atoms with van der Waals surface area (Å²) in [5.41, 5.74) is 0.223. The minimum atomic E-state index is -0.487. The summed E-state index contributed by atoms with van der Waals surface area (Å²) in [6, 6.07) is 7.83. The highest BCUT2D eigenvalue weighted by atomic mass is 79.9. The standard InChI is InChI=1S/C20H14BrN3O5/c21-12-3-5-14(15(8-12)24(27)28)16-6-4-13(29-16)9-22-23-19(25)17-10-1-2-11(7-10)18(17)20(23)26/h1-6,8-11,17-18H,7H2/b22-9-/t10-,11-,17+,18+/m0/s1. The number of hydrogen-bond acceptors (Lipinski definition) is 6. The Labute approximate surface area is 173 Å². The Hall–Kier alpha value is -3.07. The number of carbonyl (C=O) groups excluding carboxylic acids is 2. The molecule has 146 valence electrons. The number of benzene rings is 1. The fraction of sp³-hybridized carbons (Fsp3) is 0.250. The maximum absolute atomic E-state index is 12.6. The number of fused-ring (bicyclic) bond motifs is 5. The minimum Gasteiger partial charge on any atom is -0.455 e. The third-order valence-corrected chi connectivity index (χ3v) is 6.29. The maximum Gasteiger partial charge on any atom is 0.281 e. The van der Waals surface area contributed by atoms with Gasteiger partial charge in [0.25, 0.3) is 17.5 Å². The molecular weight excluding hydrogens is 442 g/mol. The first-order valence-electron chi connectivity index (χ1n) is 9.08. The first-order valence-corrected chi connectivity index (χ1v) is 9.87. The highest BCUT2D eigenvalue weighted by Crippen LogP contribution is 2.52. The second kappa shape index (κ2) is 6.48. The van der Waals surface area contributed by atoms with Crippen LogP contribution in [-0.2, 0) is 9.59 Å². The van der Waals surface area contributed by atoms with Crippen LogP contribution in [0.1, 0.15) is 12.2 Å². The van der Waals surface area contributed by atoms with Gasteiger partial charge in [0.05, 0.1) is 28.5 Å². The van der Waals surface area contributed by atoms with E-state index in [2.05, 4.69) is 21.0 Å². The van der Waals surface area contributed by atoms with Crippen LogP contribution >= 0.6 is 15.9 Å². The molecule has 0 unspecified atom stereocenters. The first kappa shape index (κ1) is 18.0. The Kier molecular flexibility index (Phi) is 4.02. The molecule has 2 bridgehead atoms. The van der Waals surface area contributed by atoms with Crippen molar-refractivity contribution in [3.63, 3.8) is 0 Å². The number of amides is 2. The lowest BCUT2D eigenvalue weighted by Crippen LogP contribution is -2.28. The fourth-order valence-corrected chi connectivity index (χ4v) is 4.90. The number of imide groups is 1. The SMILES string of the molecule is O=C1[C@H]2[C@H](C(=O)N1/N=C\c1ccc(-c3ccc(Br)cc3[N+](=O)[O-])o1)[C@H]1C=C[C@H]2C1. The van der Waals surface area contributed by atoms with Crippen molar-refractivity contribution < 1.29 is 18.9 Å². The molecule has 0 N–H and O–H groups in total. The molecule has 2 amide bonds. The molecule has 1 aromatic heterocycles. The lowest BCUT2D eigenvalue weighted by molar-refractivity contribution is -0.384. The molecule has 2 heterocycles. The van der Waals surface area contributed by atoms with E-state index >= 15 is 0 Å². The third kappa shape index (κ3) is 2.76. The van der Waals surface area contributed by atoms with Gasteiger partial charge in [-0.1, -0.05) is 28.1 Å². The second-order valence-electron chi connectivity index (χ2n) is 7.35. The topological polar surface area (TPSA) is 106 Å². The van der Waals surface area contributed by atoms with Gasteiger partial charge in [-0.05, 0) is 42.5 Å². The third-order valence-electron chi connectivity index (χ3n) is 5.80. The predicted molar refractivity (Wildman–Crippen MR) is 106 cm³/mol. The Morgan fingerprint density at radius 3 is 2.48 bits per heavy atom. The number of hydrazone groups is 1. The molecule has 0 radical (unpaired) electrons. The number of nitrogens with zero attached hydrogens (tertiary/aromatic N) is 3. The van der Waals surface area contributed by atoms with Crippen molar-refractivity contribution in [1.82, 2.24) is 5.01 Å². The molecule has 2 aliphatic carbocycles. The van der Waals surface area contributed by atoms with Crippen LogP contribution < -0.4 is 0 Å². The summed E-state index contributed by atoms with van der Waals surface area (Å²) < 4.78 is 6.23. The molecule has 0 spiro atoms. The Bertz CT molecular complexity index is 1090. The zero-order chi connectivity index (χ0) is 20.3. The minimum absolute atomic E-state index is 0.0992. The largest absolute Gasteiger partial charge is 0.455 e. The van der Waals surface area contributed by atoms with E-state index in [1.54, 1.807) is 24.3 Å². The first-order chi connectivity index (χ1) is 13.9. The van der Waals surface area contributed by atoms with Gasteiger partial charge in [-0.15, -0.1) is 0 Å². The van der Waals surface area contributed by atoms with Crippen molar-refractivity contribution in [2.24, 2.45) is 28.8 Å². The highest BCUT2D eigenvalue weighted by molar-refractivity contribution is 9.10. The second-order valence-corrected chi connectivity index (χ2v) is 8.27. The van der Waals surface area contributed by atoms with Crippen molar-refractivity contribution in [2.45, 2.75) is 6.42 Å². The zero-order valence-electron chi connectivity index (χ0n) is 14.9. The number of hydrogen-bond donors (Lipinski definition) is 0. The summed E-state index contributed by atoms with van der Waals surface area (Å²) >= 11 is 3.22. The molecule has 2 fully saturated rings. The van der Waals surface area contributed by atoms with Crippen LogP contribution in [0.5, 0.6) is 0 Å². The lowest BCUT2D eigenvalue weighted by Gasteiger charge is -2.13. The van der Waals surface area contributed by atoms with Crippen molar-refractivity contribution in [2.75, 3.05) is 0 Å². The Balaban J connectivity index is 1.39. The lowest BCUT2D eigenvalue weighted by atomic mass is 9.85. The summed E-state index contributed by atoms with van der Waals surface area (Å²) in [6.45, 7) is 0. The van der Waals surface area contributed by atoms with Crippen LogP contribution in [0.3, 0.4) is 0 Å². The highest BCUT2D eigenvalue weighted by Gasteiger charge is 2.59. The van der Waals surface area contributed by atoms with E-state index in [0.717, 1.165) is 11.4 Å². The zero-order valence-corrected chi connectivity index (χ0v) is 16.5. The van der Waals surface area contributed by atoms with Gasteiger partial charge < -0.3 is 4.42 Å². The van der Waals surface area contributed by atoms with E-state index in [9.17, 15) is 19.7 Å². The van der Waals surface area contributed by atoms with Gasteiger partial charge in [-0.3, -0.25) is 19.7 Å². The number of carbonyl (C=O) groups is 2. The number of halogens is 1. The smallest absolute Gasteiger partial charge is 0.281 e. The van der Waals surface area contributed by atoms with E-state index in [-0.39, 0.29) is 46.9 Å². The molecule has 5 rings (SSSR count). The van der Waals surface area contributed by atoms with Gasteiger partial charge in [-0.25, -0.2) is 0 Å². The molecule has 8 nitrogen and oxygen atoms in total. The van der Waals surface area contributed by atoms with E-state index in [0.29, 0.717) is 15.8 Å². The number of allylic oxidation sites excluding steroid dienone is 2. The molecule has 1 saturated heterocycles. The summed E-state index contributed by atoms with van der Waals surface area (Å²) in [4.78, 5) is 36.1. The molecule has 1 aromatic carbocycles. The van der Waals surface area contributed by atoms with Gasteiger partial charge in [-0.2, -0.15) is 10.1 Å². The maximum atomic E-state index is 12.6. The Morgan fingerprint density at radius 2 is 1.83 bits per heavy atom. The van der Waals surface area contributed by atoms with Gasteiger partial charge in [0.15, 0.2) is 0 Å². The quantitative estimate of drug-likeness (QED) is 0.229. The number of nitro benzene ring substituents is 1. The molecule has 1 aliphatic heterocycles. The fourth-order valence-electron chi connectivity index (χ4n) is 4.55. The van der Waals surface area contributed by atoms with Gasteiger partial charge in [0, 0.05) is 10.5 Å². The summed E-state index contributed by atoms with van der Waals surface area (Å²) in [5.74, 6) is -0.351. The Morgan fingerprint density at radius 1 is 1.14 bits per heavy atom. The van der Waals surface area contributed by atoms with Crippen LogP contribution in [-0.4, -0.2) is 28.0 Å². The molecular formula is C20H14BrN3O5. The van der Waals surface area contributed by atoms with Crippen LogP contribution in [0.15, 0.2) is 56.5 Å². The average Bonchev–Trinajstić information content (AvgIpc) is 3.46. The van der Waals surface area contributed by atoms with Crippen LogP contribution in [0.2, 0.25) is 0 Å². The van der Waals surface area contributed by atoms with E-state index in [4.69, 9.17) is 4.42 Å². The van der Waals surface area contributed by atoms with E-state index < -0.39 is 4.92 Å². The average molecular weight is 456 g/mol. The normalized spacial score (nSPS) is 27.4. The van der Waals surface area contributed by atoms with Crippen molar-refractivity contribution in [1.29, 1.82) is 0 Å². The number of nitro groups is 1. The predicted octanol–water partition coefficient (Wildman–Crippen LogP) is 3.76. The summed E-state index contributed by atoms with van der Waals surface area (Å²) in [7, 11) is 0. The molecule has 1 saturated carbocycles. The molecule has 4 atom stereocenters. The summed E-state index contributed by atoms with van der Waals surface area (Å²) in [5, 5.41) is 16.3. The van der Waals surface area contributed by atoms with Crippen molar-refractivity contribution in [3.05, 3.63) is 62.8 Å². The van der Waals surface area contributed by atoms with Gasteiger partial charge in [0.2, 0.25) is 0 Å². The monoisotopic (exact) mass is 455 g/mol. The number of furan rings is 1. The van der Waals surface area contributed by atoms with Gasteiger partial charge >= 0.3 is 0 Å². The molecule has 2 aromatic rings. The molecule has 29 heavy (non-hydrogen) atoms. The van der Waals surface area contributed by atoms with E-state index in [1.807, 2.05) is 12.2 Å². The van der Waals surface area contributed by atoms with Gasteiger partial charge in [0.1, 0.15) is 11.5 Å². The molecule has 9 heteroatoms. The van der Waals surface area contributed by atoms with Crippen molar-refractivity contribution >= 4 is 39.6 Å². The summed E-state index contributed by atoms with van der Waals surface area (Å²) in [6.07, 6.45) is 6.19. The molecule has 3 aliphatic rings.